The van der Waals surface area contributed by atoms with Crippen molar-refractivity contribution in [3.63, 3.8) is 0 Å². The summed E-state index contributed by atoms with van der Waals surface area (Å²) in [6.07, 6.45) is 5.36. The second-order valence-corrected chi connectivity index (χ2v) is 7.45. The van der Waals surface area contributed by atoms with Crippen molar-refractivity contribution < 1.29 is 5.11 Å². The molecule has 142 valence electrons. The van der Waals surface area contributed by atoms with Gasteiger partial charge in [0.05, 0.1) is 10.9 Å². The summed E-state index contributed by atoms with van der Waals surface area (Å²) in [7, 11) is 0. The minimum atomic E-state index is 0.0504. The van der Waals surface area contributed by atoms with Gasteiger partial charge in [-0.25, -0.2) is 9.97 Å². The summed E-state index contributed by atoms with van der Waals surface area (Å²) in [5, 5.41) is 9.61. The number of benzene rings is 1. The Hall–Kier alpha value is -2.97. The van der Waals surface area contributed by atoms with Crippen molar-refractivity contribution in [1.82, 2.24) is 14.5 Å². The zero-order valence-electron chi connectivity index (χ0n) is 16.0. The molecule has 1 N–H and O–H groups in total. The molecule has 3 heterocycles. The fraction of sp³-hybridized carbons (Fsp3) is 0.348. The van der Waals surface area contributed by atoms with Gasteiger partial charge in [-0.05, 0) is 60.9 Å². The molecule has 0 fully saturated rings. The predicted molar refractivity (Wildman–Crippen MR) is 109 cm³/mol. The summed E-state index contributed by atoms with van der Waals surface area (Å²) in [5.74, 6) is 7.55. The van der Waals surface area contributed by atoms with E-state index in [-0.39, 0.29) is 12.2 Å². The molecule has 0 aliphatic carbocycles. The highest BCUT2D eigenvalue weighted by atomic mass is 16.3. The van der Waals surface area contributed by atoms with Crippen LogP contribution in [0.2, 0.25) is 0 Å². The number of hydrogen-bond acceptors (Lipinski definition) is 4. The molecule has 5 heteroatoms. The van der Waals surface area contributed by atoms with E-state index in [1.54, 1.807) is 6.20 Å². The van der Waals surface area contributed by atoms with E-state index in [1.807, 2.05) is 34.9 Å². The molecular weight excluding hydrogens is 350 g/mol. The highest BCUT2D eigenvalue weighted by Gasteiger charge is 2.17. The third-order valence-corrected chi connectivity index (χ3v) is 5.19. The van der Waals surface area contributed by atoms with Crippen LogP contribution in [0.5, 0.6) is 0 Å². The van der Waals surface area contributed by atoms with Gasteiger partial charge in [-0.3, -0.25) is 9.36 Å². The Kier molecular flexibility index (Phi) is 5.23. The van der Waals surface area contributed by atoms with Crippen LogP contribution in [-0.2, 0) is 19.4 Å². The van der Waals surface area contributed by atoms with Crippen LogP contribution in [0.4, 0.5) is 0 Å². The maximum Gasteiger partial charge on any atom is 0.261 e. The first kappa shape index (κ1) is 18.4. The molecule has 1 unspecified atom stereocenters. The number of aryl methyl sites for hydroxylation is 1. The highest BCUT2D eigenvalue weighted by molar-refractivity contribution is 5.79. The second kappa shape index (κ2) is 7.95. The Bertz CT molecular complexity index is 1120. The maximum atomic E-state index is 12.9. The zero-order valence-corrected chi connectivity index (χ0v) is 16.0. The van der Waals surface area contributed by atoms with Gasteiger partial charge in [0.25, 0.3) is 5.56 Å². The van der Waals surface area contributed by atoms with E-state index in [9.17, 15) is 4.79 Å². The van der Waals surface area contributed by atoms with Crippen LogP contribution in [0.25, 0.3) is 10.9 Å². The molecule has 1 aliphatic rings. The molecule has 1 aromatic carbocycles. The fourth-order valence-corrected chi connectivity index (χ4v) is 3.65. The van der Waals surface area contributed by atoms with Crippen LogP contribution >= 0.6 is 0 Å². The summed E-state index contributed by atoms with van der Waals surface area (Å²) < 4.78 is 1.85. The number of pyridine rings is 1. The standard InChI is InChI=1S/C23H23N3O2/c1-16-3-2-4-22-25-21-13-17(7-10-20(21)23(28)26(22)15-16)5-8-19-9-6-18(11-12-27)14-24-19/h6-7,9-10,13-14,16,27H,2-4,11-12,15H2,1H3. The fourth-order valence-electron chi connectivity index (χ4n) is 3.65. The van der Waals surface area contributed by atoms with Crippen LogP contribution in [-0.4, -0.2) is 26.2 Å². The molecule has 0 spiro atoms. The summed E-state index contributed by atoms with van der Waals surface area (Å²) in [4.78, 5) is 22.0. The van der Waals surface area contributed by atoms with Gasteiger partial charge in [0.15, 0.2) is 0 Å². The minimum Gasteiger partial charge on any atom is -0.396 e. The zero-order chi connectivity index (χ0) is 19.5. The van der Waals surface area contributed by atoms with Gasteiger partial charge in [0.1, 0.15) is 11.5 Å². The monoisotopic (exact) mass is 373 g/mol. The molecule has 4 rings (SSSR count). The maximum absolute atomic E-state index is 12.9. The smallest absolute Gasteiger partial charge is 0.261 e. The number of aliphatic hydroxyl groups is 1. The van der Waals surface area contributed by atoms with Crippen molar-refractivity contribution in [2.45, 2.75) is 39.2 Å². The van der Waals surface area contributed by atoms with Crippen LogP contribution in [0.1, 0.15) is 42.4 Å². The molecule has 2 aromatic heterocycles. The minimum absolute atomic E-state index is 0.0504. The van der Waals surface area contributed by atoms with Gasteiger partial charge in [0.2, 0.25) is 0 Å². The van der Waals surface area contributed by atoms with Crippen molar-refractivity contribution in [3.8, 4) is 11.8 Å². The first-order valence-corrected chi connectivity index (χ1v) is 9.75. The van der Waals surface area contributed by atoms with Crippen LogP contribution in [0.3, 0.4) is 0 Å². The lowest BCUT2D eigenvalue weighted by Crippen LogP contribution is -2.26. The first-order valence-electron chi connectivity index (χ1n) is 9.75. The summed E-state index contributed by atoms with van der Waals surface area (Å²) in [5.41, 5.74) is 3.23. The lowest BCUT2D eigenvalue weighted by Gasteiger charge is -2.12. The molecule has 3 aromatic rings. The van der Waals surface area contributed by atoms with E-state index >= 15 is 0 Å². The van der Waals surface area contributed by atoms with E-state index in [1.165, 1.54) is 0 Å². The Labute approximate surface area is 164 Å². The number of aliphatic hydroxyl groups excluding tert-OH is 1. The first-order chi connectivity index (χ1) is 13.6. The van der Waals surface area contributed by atoms with Gasteiger partial charge in [-0.15, -0.1) is 0 Å². The quantitative estimate of drug-likeness (QED) is 0.702. The summed E-state index contributed by atoms with van der Waals surface area (Å²) in [6.45, 7) is 3.05. The Balaban J connectivity index is 1.67. The number of hydrogen-bond donors (Lipinski definition) is 1. The third kappa shape index (κ3) is 3.83. The molecule has 0 radical (unpaired) electrons. The van der Waals surface area contributed by atoms with Crippen molar-refractivity contribution in [2.24, 2.45) is 5.92 Å². The van der Waals surface area contributed by atoms with Crippen molar-refractivity contribution in [3.05, 3.63) is 69.5 Å². The average Bonchev–Trinajstić information content (AvgIpc) is 2.89. The lowest BCUT2D eigenvalue weighted by atomic mass is 10.1. The van der Waals surface area contributed by atoms with Crippen LogP contribution in [0, 0.1) is 17.8 Å². The van der Waals surface area contributed by atoms with Gasteiger partial charge in [-0.1, -0.05) is 18.9 Å². The van der Waals surface area contributed by atoms with Crippen molar-refractivity contribution in [1.29, 1.82) is 0 Å². The number of rotatable bonds is 2. The van der Waals surface area contributed by atoms with Gasteiger partial charge in [-0.2, -0.15) is 0 Å². The van der Waals surface area contributed by atoms with Crippen LogP contribution < -0.4 is 5.56 Å². The highest BCUT2D eigenvalue weighted by Crippen LogP contribution is 2.19. The van der Waals surface area contributed by atoms with Crippen molar-refractivity contribution >= 4 is 10.9 Å². The average molecular weight is 373 g/mol. The largest absolute Gasteiger partial charge is 0.396 e. The second-order valence-electron chi connectivity index (χ2n) is 7.45. The molecule has 0 amide bonds. The summed E-state index contributed by atoms with van der Waals surface area (Å²) in [6, 6.07) is 9.36. The molecule has 5 nitrogen and oxygen atoms in total. The van der Waals surface area contributed by atoms with Crippen molar-refractivity contribution in [2.75, 3.05) is 6.61 Å². The lowest BCUT2D eigenvalue weighted by molar-refractivity contribution is 0.299. The summed E-state index contributed by atoms with van der Waals surface area (Å²) >= 11 is 0. The third-order valence-electron chi connectivity index (χ3n) is 5.19. The van der Waals surface area contributed by atoms with E-state index in [0.29, 0.717) is 28.9 Å². The Morgan fingerprint density at radius 2 is 2.14 bits per heavy atom. The molecule has 28 heavy (non-hydrogen) atoms. The molecule has 1 aliphatic heterocycles. The molecular formula is C23H23N3O2. The Morgan fingerprint density at radius 3 is 2.93 bits per heavy atom. The number of aromatic nitrogens is 3. The van der Waals surface area contributed by atoms with E-state index in [0.717, 1.165) is 42.8 Å². The molecule has 0 saturated carbocycles. The molecule has 0 bridgehead atoms. The van der Waals surface area contributed by atoms with Gasteiger partial charge in [0, 0.05) is 31.3 Å². The topological polar surface area (TPSA) is 68.0 Å². The van der Waals surface area contributed by atoms with Gasteiger partial charge < -0.3 is 5.11 Å². The normalized spacial score (nSPS) is 16.1. The van der Waals surface area contributed by atoms with Gasteiger partial charge >= 0.3 is 0 Å². The molecule has 1 atom stereocenters. The number of fused-ring (bicyclic) bond motifs is 2. The SMILES string of the molecule is CC1CCCc2nc3cc(C#Cc4ccc(CCO)cn4)ccc3c(=O)n2C1. The molecule has 0 saturated heterocycles. The van der Waals surface area contributed by atoms with Crippen LogP contribution in [0.15, 0.2) is 41.3 Å². The Morgan fingerprint density at radius 1 is 1.25 bits per heavy atom. The van der Waals surface area contributed by atoms with E-state index < -0.39 is 0 Å². The number of nitrogens with zero attached hydrogens (tertiary/aromatic N) is 3. The van der Waals surface area contributed by atoms with E-state index in [2.05, 4.69) is 23.7 Å². The van der Waals surface area contributed by atoms with E-state index in [4.69, 9.17) is 10.1 Å². The predicted octanol–water partition coefficient (Wildman–Crippen LogP) is 2.70.